The molecule has 0 radical (unpaired) electrons. The first-order valence-electron chi connectivity index (χ1n) is 11.0. The van der Waals surface area contributed by atoms with Crippen molar-refractivity contribution in [1.82, 2.24) is 9.97 Å². The van der Waals surface area contributed by atoms with Crippen LogP contribution in [0.15, 0.2) is 6.33 Å². The molecule has 0 amide bonds. The lowest BCUT2D eigenvalue weighted by Gasteiger charge is -2.36. The fraction of sp³-hybridized carbons (Fsp3) is 0.591. The molecule has 2 fully saturated rings. The molecule has 1 N–H and O–H groups in total. The molecule has 158 valence electrons. The van der Waals surface area contributed by atoms with E-state index >= 15 is 0 Å². The van der Waals surface area contributed by atoms with Gasteiger partial charge in [0.2, 0.25) is 12.1 Å². The van der Waals surface area contributed by atoms with Crippen LogP contribution in [0.1, 0.15) is 37.8 Å². The molecule has 3 aromatic rings. The number of hydrogen-bond acceptors (Lipinski definition) is 7. The highest BCUT2D eigenvalue weighted by atomic mass is 32.1. The van der Waals surface area contributed by atoms with Gasteiger partial charge in [-0.1, -0.05) is 0 Å². The van der Waals surface area contributed by atoms with Gasteiger partial charge in [-0.05, 0) is 32.3 Å². The molecule has 0 saturated carbocycles. The first-order valence-corrected chi connectivity index (χ1v) is 11.8. The molecule has 3 aliphatic heterocycles. The van der Waals surface area contributed by atoms with E-state index in [9.17, 15) is 0 Å². The maximum absolute atomic E-state index is 6.24. The number of pyridine rings is 1. The molecule has 6 heterocycles. The van der Waals surface area contributed by atoms with E-state index < -0.39 is 0 Å². The lowest BCUT2D eigenvalue weighted by atomic mass is 9.90. The lowest BCUT2D eigenvalue weighted by molar-refractivity contribution is -0.366. The summed E-state index contributed by atoms with van der Waals surface area (Å²) in [5.41, 5.74) is 3.51. The van der Waals surface area contributed by atoms with Gasteiger partial charge in [-0.3, -0.25) is 4.90 Å². The number of H-pyrrole nitrogens is 1. The van der Waals surface area contributed by atoms with Crippen molar-refractivity contribution >= 4 is 43.4 Å². The van der Waals surface area contributed by atoms with Gasteiger partial charge in [0.25, 0.3) is 0 Å². The molecule has 0 unspecified atom stereocenters. The highest BCUT2D eigenvalue weighted by Gasteiger charge is 2.34. The highest BCUT2D eigenvalue weighted by Crippen LogP contribution is 2.44. The smallest absolute Gasteiger partial charge is 0.242 e. The average molecular weight is 427 g/mol. The number of nitrogens with one attached hydrogen (secondary N) is 1. The fourth-order valence-electron chi connectivity index (χ4n) is 5.02. The standard InChI is InChI=1S/C22H27N5O2S/c1-22(2)11-14-15(12-29-22)19(27-7-9-28-10-8-27)25-21-16(14)17-18(30-21)20(24-13-23-17)26-5-3-4-6-26/h13H,3-12H2,1-2H3/p+1. The summed E-state index contributed by atoms with van der Waals surface area (Å²) in [4.78, 5) is 19.4. The number of anilines is 2. The molecular formula is C22H28N5O2S+. The fourth-order valence-corrected chi connectivity index (χ4v) is 6.21. The van der Waals surface area contributed by atoms with Gasteiger partial charge in [-0.25, -0.2) is 9.97 Å². The zero-order valence-corrected chi connectivity index (χ0v) is 18.5. The van der Waals surface area contributed by atoms with Gasteiger partial charge in [-0.15, -0.1) is 16.3 Å². The SMILES string of the molecule is CC1(C)Cc2c(c(N3CCOCC3)nc3sc4c(N5CCCC5)[nH+]cnc4c23)CO1. The first-order chi connectivity index (χ1) is 14.6. The third-order valence-corrected chi connectivity index (χ3v) is 7.64. The van der Waals surface area contributed by atoms with Gasteiger partial charge in [0.05, 0.1) is 43.9 Å². The number of aromatic nitrogens is 3. The van der Waals surface area contributed by atoms with Gasteiger partial charge >= 0.3 is 0 Å². The second-order valence-electron chi connectivity index (χ2n) is 9.12. The minimum atomic E-state index is -0.184. The number of rotatable bonds is 2. The number of fused-ring (bicyclic) bond motifs is 5. The monoisotopic (exact) mass is 426 g/mol. The quantitative estimate of drug-likeness (QED) is 0.628. The van der Waals surface area contributed by atoms with Crippen LogP contribution >= 0.6 is 11.3 Å². The van der Waals surface area contributed by atoms with E-state index in [1.807, 2.05) is 6.33 Å². The van der Waals surface area contributed by atoms with Crippen molar-refractivity contribution in [3.63, 3.8) is 0 Å². The Hall–Kier alpha value is -2.03. The zero-order valence-electron chi connectivity index (χ0n) is 17.7. The molecule has 3 aliphatic rings. The second-order valence-corrected chi connectivity index (χ2v) is 10.1. The molecule has 30 heavy (non-hydrogen) atoms. The molecule has 8 heteroatoms. The predicted molar refractivity (Wildman–Crippen MR) is 119 cm³/mol. The van der Waals surface area contributed by atoms with Crippen molar-refractivity contribution in [2.45, 2.75) is 45.3 Å². The largest absolute Gasteiger partial charge is 0.378 e. The van der Waals surface area contributed by atoms with Gasteiger partial charge < -0.3 is 14.4 Å². The van der Waals surface area contributed by atoms with Crippen LogP contribution in [0.4, 0.5) is 11.6 Å². The van der Waals surface area contributed by atoms with Crippen LogP contribution in [0.2, 0.25) is 0 Å². The number of morpholine rings is 1. The number of thiophene rings is 1. The van der Waals surface area contributed by atoms with Gasteiger partial charge in [-0.2, -0.15) is 0 Å². The molecule has 0 bridgehead atoms. The summed E-state index contributed by atoms with van der Waals surface area (Å²) in [6, 6.07) is 0. The van der Waals surface area contributed by atoms with Gasteiger partial charge in [0, 0.05) is 25.1 Å². The number of aromatic amines is 1. The first kappa shape index (κ1) is 18.7. The Kier molecular flexibility index (Phi) is 4.37. The van der Waals surface area contributed by atoms with Gasteiger partial charge in [0.15, 0.2) is 5.52 Å². The van der Waals surface area contributed by atoms with Crippen LogP contribution < -0.4 is 14.8 Å². The Morgan fingerprint density at radius 3 is 2.67 bits per heavy atom. The summed E-state index contributed by atoms with van der Waals surface area (Å²) in [5, 5.41) is 1.23. The third kappa shape index (κ3) is 2.96. The van der Waals surface area contributed by atoms with Crippen molar-refractivity contribution in [2.24, 2.45) is 0 Å². The highest BCUT2D eigenvalue weighted by molar-refractivity contribution is 7.26. The Balaban J connectivity index is 1.61. The Labute approximate surface area is 180 Å². The molecular weight excluding hydrogens is 398 g/mol. The molecule has 2 saturated heterocycles. The molecule has 0 spiro atoms. The minimum absolute atomic E-state index is 0.184. The van der Waals surface area contributed by atoms with Crippen molar-refractivity contribution in [3.8, 4) is 0 Å². The second kappa shape index (κ2) is 7.00. The molecule has 0 aromatic carbocycles. The maximum Gasteiger partial charge on any atom is 0.242 e. The maximum atomic E-state index is 6.24. The molecule has 0 atom stereocenters. The molecule has 3 aromatic heterocycles. The predicted octanol–water partition coefficient (Wildman–Crippen LogP) is 2.95. The molecule has 6 rings (SSSR count). The van der Waals surface area contributed by atoms with Crippen molar-refractivity contribution in [1.29, 1.82) is 0 Å². The van der Waals surface area contributed by atoms with Crippen LogP contribution in [-0.4, -0.2) is 55.0 Å². The summed E-state index contributed by atoms with van der Waals surface area (Å²) in [6.07, 6.45) is 5.24. The van der Waals surface area contributed by atoms with Crippen LogP contribution in [-0.2, 0) is 22.5 Å². The van der Waals surface area contributed by atoms with Crippen molar-refractivity contribution in [2.75, 3.05) is 49.2 Å². The topological polar surface area (TPSA) is 64.9 Å². The Morgan fingerprint density at radius 2 is 1.87 bits per heavy atom. The number of ether oxygens (including phenoxy) is 2. The number of nitrogens with zero attached hydrogens (tertiary/aromatic N) is 4. The summed E-state index contributed by atoms with van der Waals surface area (Å²) < 4.78 is 13.1. The van der Waals surface area contributed by atoms with Crippen LogP contribution in [0.5, 0.6) is 0 Å². The van der Waals surface area contributed by atoms with Crippen LogP contribution in [0.25, 0.3) is 20.4 Å². The lowest BCUT2D eigenvalue weighted by Crippen LogP contribution is -2.39. The van der Waals surface area contributed by atoms with E-state index in [1.54, 1.807) is 11.3 Å². The number of hydrogen-bond donors (Lipinski definition) is 0. The van der Waals surface area contributed by atoms with Crippen molar-refractivity contribution < 1.29 is 14.5 Å². The van der Waals surface area contributed by atoms with Crippen LogP contribution in [0.3, 0.4) is 0 Å². The van der Waals surface area contributed by atoms with E-state index in [4.69, 9.17) is 19.4 Å². The van der Waals surface area contributed by atoms with Gasteiger partial charge in [0.1, 0.15) is 15.3 Å². The molecule has 7 nitrogen and oxygen atoms in total. The summed E-state index contributed by atoms with van der Waals surface area (Å²) in [7, 11) is 0. The summed E-state index contributed by atoms with van der Waals surface area (Å²) in [6.45, 7) is 10.4. The van der Waals surface area contributed by atoms with Crippen molar-refractivity contribution in [3.05, 3.63) is 17.5 Å². The summed E-state index contributed by atoms with van der Waals surface area (Å²) >= 11 is 1.78. The van der Waals surface area contributed by atoms with E-state index in [0.29, 0.717) is 6.61 Å². The summed E-state index contributed by atoms with van der Waals surface area (Å²) in [5.74, 6) is 2.28. The van der Waals surface area contributed by atoms with E-state index in [2.05, 4.69) is 28.6 Å². The Morgan fingerprint density at radius 1 is 1.07 bits per heavy atom. The molecule has 0 aliphatic carbocycles. The van der Waals surface area contributed by atoms with E-state index in [0.717, 1.165) is 62.0 Å². The average Bonchev–Trinajstić information content (AvgIpc) is 3.41. The van der Waals surface area contributed by atoms with Crippen LogP contribution in [0, 0.1) is 0 Å². The van der Waals surface area contributed by atoms with E-state index in [-0.39, 0.29) is 5.60 Å². The third-order valence-electron chi connectivity index (χ3n) is 6.56. The van der Waals surface area contributed by atoms with E-state index in [1.165, 1.54) is 39.9 Å². The minimum Gasteiger partial charge on any atom is -0.378 e. The Bertz CT molecular complexity index is 1120. The normalized spacial score (nSPS) is 21.5. The zero-order chi connectivity index (χ0) is 20.3.